The zero-order valence-corrected chi connectivity index (χ0v) is 15.7. The number of rotatable bonds is 4. The minimum atomic E-state index is -3.88. The predicted octanol–water partition coefficient (Wildman–Crippen LogP) is 3.60. The molecule has 0 fully saturated rings. The fourth-order valence-corrected chi connectivity index (χ4v) is 4.16. The van der Waals surface area contributed by atoms with Gasteiger partial charge < -0.3 is 0 Å². The lowest BCUT2D eigenvalue weighted by Gasteiger charge is -2.19. The summed E-state index contributed by atoms with van der Waals surface area (Å²) in [6.45, 7) is 1.86. The standard InChI is InChI=1S/C21H16N2O4S/c1-14-10-12-15(13-11-14)28(26,27)22-18-8-4-5-9-19(18)23-20(24)16-6-2-3-7-17(16)21(23)25/h2-13,22H,1H3. The molecular formula is C21H16N2O4S. The number of nitrogens with zero attached hydrogens (tertiary/aromatic N) is 1. The summed E-state index contributed by atoms with van der Waals surface area (Å²) in [6.07, 6.45) is 0. The Balaban J connectivity index is 1.74. The van der Waals surface area contributed by atoms with Crippen LogP contribution in [0.1, 0.15) is 26.3 Å². The SMILES string of the molecule is Cc1ccc(S(=O)(=O)Nc2ccccc2N2C(=O)c3ccccc3C2=O)cc1. The van der Waals surface area contributed by atoms with Gasteiger partial charge in [-0.2, -0.15) is 0 Å². The Morgan fingerprint density at radius 1 is 0.750 bits per heavy atom. The van der Waals surface area contributed by atoms with E-state index in [2.05, 4.69) is 4.72 Å². The first-order chi connectivity index (χ1) is 13.4. The number of benzene rings is 3. The van der Waals surface area contributed by atoms with E-state index >= 15 is 0 Å². The smallest absolute Gasteiger partial charge is 0.266 e. The van der Waals surface area contributed by atoms with Gasteiger partial charge in [-0.25, -0.2) is 13.3 Å². The second-order valence-electron chi connectivity index (χ2n) is 6.43. The van der Waals surface area contributed by atoms with Crippen LogP contribution in [0.4, 0.5) is 11.4 Å². The second kappa shape index (κ2) is 6.61. The third-order valence-electron chi connectivity index (χ3n) is 4.51. The molecule has 2 amide bonds. The maximum absolute atomic E-state index is 12.8. The van der Waals surface area contributed by atoms with Gasteiger partial charge in [0, 0.05) is 0 Å². The van der Waals surface area contributed by atoms with Crippen LogP contribution in [0.2, 0.25) is 0 Å². The van der Waals surface area contributed by atoms with Gasteiger partial charge in [0.1, 0.15) is 0 Å². The molecule has 0 saturated carbocycles. The molecule has 28 heavy (non-hydrogen) atoms. The van der Waals surface area contributed by atoms with Crippen molar-refractivity contribution in [3.8, 4) is 0 Å². The Labute approximate surface area is 162 Å². The first kappa shape index (κ1) is 17.9. The van der Waals surface area contributed by atoms with Gasteiger partial charge >= 0.3 is 0 Å². The van der Waals surface area contributed by atoms with E-state index in [1.54, 1.807) is 48.5 Å². The average molecular weight is 392 g/mol. The van der Waals surface area contributed by atoms with Gasteiger partial charge in [0.2, 0.25) is 0 Å². The number of nitrogens with one attached hydrogen (secondary N) is 1. The number of carbonyl (C=O) groups is 2. The van der Waals surface area contributed by atoms with Gasteiger partial charge in [0.05, 0.1) is 27.4 Å². The molecule has 0 aromatic heterocycles. The van der Waals surface area contributed by atoms with Crippen LogP contribution in [0.3, 0.4) is 0 Å². The normalized spacial score (nSPS) is 13.5. The summed E-state index contributed by atoms with van der Waals surface area (Å²) in [7, 11) is -3.88. The van der Waals surface area contributed by atoms with Crippen molar-refractivity contribution in [2.45, 2.75) is 11.8 Å². The lowest BCUT2D eigenvalue weighted by molar-refractivity contribution is 0.0926. The van der Waals surface area contributed by atoms with Crippen LogP contribution < -0.4 is 9.62 Å². The summed E-state index contributed by atoms with van der Waals surface area (Å²) in [5, 5.41) is 0. The Bertz CT molecular complexity index is 1170. The number of sulfonamides is 1. The first-order valence-corrected chi connectivity index (χ1v) is 10.0. The highest BCUT2D eigenvalue weighted by Crippen LogP contribution is 2.34. The van der Waals surface area contributed by atoms with Gasteiger partial charge in [-0.3, -0.25) is 14.3 Å². The summed E-state index contributed by atoms with van der Waals surface area (Å²) in [6, 6.07) is 19.2. The molecular weight excluding hydrogens is 376 g/mol. The molecule has 4 rings (SSSR count). The van der Waals surface area contributed by atoms with Gasteiger partial charge in [-0.05, 0) is 43.3 Å². The van der Waals surface area contributed by atoms with E-state index in [0.29, 0.717) is 11.1 Å². The second-order valence-corrected chi connectivity index (χ2v) is 8.11. The summed E-state index contributed by atoms with van der Waals surface area (Å²) in [5.74, 6) is -0.967. The number of anilines is 2. The maximum atomic E-state index is 12.8. The largest absolute Gasteiger partial charge is 0.277 e. The number of para-hydroxylation sites is 2. The van der Waals surface area contributed by atoms with E-state index < -0.39 is 21.8 Å². The van der Waals surface area contributed by atoms with Gasteiger partial charge in [-0.1, -0.05) is 42.0 Å². The van der Waals surface area contributed by atoms with Crippen LogP contribution in [-0.4, -0.2) is 20.2 Å². The van der Waals surface area contributed by atoms with Crippen molar-refractivity contribution in [2.75, 3.05) is 9.62 Å². The summed E-state index contributed by atoms with van der Waals surface area (Å²) >= 11 is 0. The summed E-state index contributed by atoms with van der Waals surface area (Å²) in [5.41, 5.74) is 1.86. The van der Waals surface area contributed by atoms with Crippen molar-refractivity contribution < 1.29 is 18.0 Å². The monoisotopic (exact) mass is 392 g/mol. The first-order valence-electron chi connectivity index (χ1n) is 8.55. The Morgan fingerprint density at radius 3 is 1.89 bits per heavy atom. The molecule has 0 bridgehead atoms. The van der Waals surface area contributed by atoms with Crippen LogP contribution in [-0.2, 0) is 10.0 Å². The number of amides is 2. The van der Waals surface area contributed by atoms with Gasteiger partial charge in [0.15, 0.2) is 0 Å². The highest BCUT2D eigenvalue weighted by molar-refractivity contribution is 7.92. The molecule has 0 unspecified atom stereocenters. The molecule has 140 valence electrons. The molecule has 3 aromatic rings. The zero-order chi connectivity index (χ0) is 19.9. The number of fused-ring (bicyclic) bond motifs is 1. The average Bonchev–Trinajstić information content (AvgIpc) is 2.93. The van der Waals surface area contributed by atoms with Gasteiger partial charge in [0.25, 0.3) is 21.8 Å². The molecule has 1 aliphatic heterocycles. The lowest BCUT2D eigenvalue weighted by atomic mass is 10.1. The van der Waals surface area contributed by atoms with Crippen LogP contribution in [0.5, 0.6) is 0 Å². The van der Waals surface area contributed by atoms with E-state index in [0.717, 1.165) is 10.5 Å². The molecule has 1 N–H and O–H groups in total. The lowest BCUT2D eigenvalue weighted by Crippen LogP contribution is -2.30. The Morgan fingerprint density at radius 2 is 1.29 bits per heavy atom. The van der Waals surface area contributed by atoms with Crippen molar-refractivity contribution >= 4 is 33.2 Å². The van der Waals surface area contributed by atoms with Crippen molar-refractivity contribution in [3.63, 3.8) is 0 Å². The van der Waals surface area contributed by atoms with Crippen molar-refractivity contribution in [2.24, 2.45) is 0 Å². The fraction of sp³-hybridized carbons (Fsp3) is 0.0476. The molecule has 0 atom stereocenters. The van der Waals surface area contributed by atoms with Crippen molar-refractivity contribution in [1.29, 1.82) is 0 Å². The van der Waals surface area contributed by atoms with Crippen molar-refractivity contribution in [1.82, 2.24) is 0 Å². The quantitative estimate of drug-likeness (QED) is 0.688. The number of hydrogen-bond acceptors (Lipinski definition) is 4. The topological polar surface area (TPSA) is 83.6 Å². The molecule has 1 heterocycles. The van der Waals surface area contributed by atoms with E-state index in [1.807, 2.05) is 6.92 Å². The van der Waals surface area contributed by atoms with E-state index in [-0.39, 0.29) is 16.3 Å². The Kier molecular flexibility index (Phi) is 4.24. The number of aryl methyl sites for hydroxylation is 1. The molecule has 0 spiro atoms. The third kappa shape index (κ3) is 2.95. The molecule has 6 nitrogen and oxygen atoms in total. The summed E-state index contributed by atoms with van der Waals surface area (Å²) in [4.78, 5) is 26.6. The number of imide groups is 1. The van der Waals surface area contributed by atoms with E-state index in [4.69, 9.17) is 0 Å². The highest BCUT2D eigenvalue weighted by atomic mass is 32.2. The fourth-order valence-electron chi connectivity index (χ4n) is 3.08. The zero-order valence-electron chi connectivity index (χ0n) is 14.9. The van der Waals surface area contributed by atoms with E-state index in [9.17, 15) is 18.0 Å². The maximum Gasteiger partial charge on any atom is 0.266 e. The third-order valence-corrected chi connectivity index (χ3v) is 5.90. The van der Waals surface area contributed by atoms with Crippen LogP contribution in [0.25, 0.3) is 0 Å². The minimum Gasteiger partial charge on any atom is -0.277 e. The van der Waals surface area contributed by atoms with Gasteiger partial charge in [-0.15, -0.1) is 0 Å². The van der Waals surface area contributed by atoms with Crippen LogP contribution >= 0.6 is 0 Å². The number of carbonyl (C=O) groups excluding carboxylic acids is 2. The highest BCUT2D eigenvalue weighted by Gasteiger charge is 2.37. The molecule has 0 radical (unpaired) electrons. The molecule has 0 aliphatic carbocycles. The Hall–Kier alpha value is -3.45. The molecule has 1 aliphatic rings. The molecule has 7 heteroatoms. The predicted molar refractivity (Wildman–Crippen MR) is 106 cm³/mol. The van der Waals surface area contributed by atoms with Crippen LogP contribution in [0.15, 0.2) is 77.7 Å². The van der Waals surface area contributed by atoms with Crippen LogP contribution in [0, 0.1) is 6.92 Å². The minimum absolute atomic E-state index is 0.0928. The molecule has 3 aromatic carbocycles. The number of hydrogen-bond donors (Lipinski definition) is 1. The molecule has 0 saturated heterocycles. The van der Waals surface area contributed by atoms with Crippen molar-refractivity contribution in [3.05, 3.63) is 89.5 Å². The van der Waals surface area contributed by atoms with E-state index in [1.165, 1.54) is 24.3 Å². The summed E-state index contributed by atoms with van der Waals surface area (Å²) < 4.78 is 28.0.